The van der Waals surface area contributed by atoms with Crippen molar-refractivity contribution in [3.8, 4) is 0 Å². The zero-order valence-corrected chi connectivity index (χ0v) is 16.3. The molecule has 2 amide bonds. The SMILES string of the molecule is CN(CC(=O)N1CCN(C(=O)[C@H]2C[C@@H]2c2ccccc2)CC1)C1CCCC1. The number of piperazine rings is 1. The fourth-order valence-electron chi connectivity index (χ4n) is 4.73. The van der Waals surface area contributed by atoms with Crippen molar-refractivity contribution in [1.29, 1.82) is 0 Å². The fourth-order valence-corrected chi connectivity index (χ4v) is 4.73. The van der Waals surface area contributed by atoms with Gasteiger partial charge in [-0.25, -0.2) is 0 Å². The van der Waals surface area contributed by atoms with Gasteiger partial charge < -0.3 is 9.80 Å². The van der Waals surface area contributed by atoms with Gasteiger partial charge in [-0.2, -0.15) is 0 Å². The minimum Gasteiger partial charge on any atom is -0.339 e. The summed E-state index contributed by atoms with van der Waals surface area (Å²) < 4.78 is 0. The monoisotopic (exact) mass is 369 g/mol. The van der Waals surface area contributed by atoms with E-state index in [4.69, 9.17) is 0 Å². The minimum atomic E-state index is 0.142. The van der Waals surface area contributed by atoms with Gasteiger partial charge in [0.15, 0.2) is 0 Å². The van der Waals surface area contributed by atoms with Gasteiger partial charge in [-0.05, 0) is 37.8 Å². The van der Waals surface area contributed by atoms with E-state index in [2.05, 4.69) is 24.1 Å². The molecule has 2 aliphatic carbocycles. The highest BCUT2D eigenvalue weighted by Crippen LogP contribution is 2.48. The van der Waals surface area contributed by atoms with Gasteiger partial charge in [0, 0.05) is 38.1 Å². The van der Waals surface area contributed by atoms with Gasteiger partial charge in [-0.15, -0.1) is 0 Å². The molecule has 2 atom stereocenters. The first kappa shape index (κ1) is 18.5. The van der Waals surface area contributed by atoms with Crippen LogP contribution in [0.25, 0.3) is 0 Å². The Labute approximate surface area is 162 Å². The molecule has 1 saturated heterocycles. The van der Waals surface area contributed by atoms with E-state index < -0.39 is 0 Å². The number of carbonyl (C=O) groups excluding carboxylic acids is 2. The van der Waals surface area contributed by atoms with Crippen molar-refractivity contribution in [2.75, 3.05) is 39.8 Å². The summed E-state index contributed by atoms with van der Waals surface area (Å²) in [5.74, 6) is 1.02. The number of rotatable bonds is 5. The molecule has 0 bridgehead atoms. The molecule has 0 unspecified atom stereocenters. The second kappa shape index (κ2) is 8.01. The summed E-state index contributed by atoms with van der Waals surface area (Å²) in [4.78, 5) is 31.5. The first-order valence-corrected chi connectivity index (χ1v) is 10.4. The zero-order chi connectivity index (χ0) is 18.8. The van der Waals surface area contributed by atoms with Crippen LogP contribution in [0.15, 0.2) is 30.3 Å². The molecule has 1 aromatic rings. The molecule has 5 heteroatoms. The van der Waals surface area contributed by atoms with Crippen LogP contribution in [-0.4, -0.2) is 72.3 Å². The van der Waals surface area contributed by atoms with Crippen LogP contribution in [0.4, 0.5) is 0 Å². The maximum absolute atomic E-state index is 12.8. The van der Waals surface area contributed by atoms with E-state index in [-0.39, 0.29) is 17.7 Å². The third kappa shape index (κ3) is 4.18. The molecular formula is C22H31N3O2. The lowest BCUT2D eigenvalue weighted by Crippen LogP contribution is -2.53. The Morgan fingerprint density at radius 3 is 2.30 bits per heavy atom. The molecule has 0 aromatic heterocycles. The van der Waals surface area contributed by atoms with Gasteiger partial charge in [0.2, 0.25) is 11.8 Å². The Morgan fingerprint density at radius 1 is 1.00 bits per heavy atom. The lowest BCUT2D eigenvalue weighted by molar-refractivity contribution is -0.141. The Hall–Kier alpha value is -1.88. The molecule has 3 fully saturated rings. The number of hydrogen-bond acceptors (Lipinski definition) is 3. The summed E-state index contributed by atoms with van der Waals surface area (Å²) in [5, 5.41) is 0. The largest absolute Gasteiger partial charge is 0.339 e. The van der Waals surface area contributed by atoms with Gasteiger partial charge in [-0.3, -0.25) is 14.5 Å². The summed E-state index contributed by atoms with van der Waals surface area (Å²) in [5.41, 5.74) is 1.28. The highest BCUT2D eigenvalue weighted by Gasteiger charge is 2.46. The third-order valence-corrected chi connectivity index (χ3v) is 6.61. The topological polar surface area (TPSA) is 43.9 Å². The maximum Gasteiger partial charge on any atom is 0.236 e. The predicted octanol–water partition coefficient (Wildman–Crippen LogP) is 2.34. The quantitative estimate of drug-likeness (QED) is 0.800. The second-order valence-electron chi connectivity index (χ2n) is 8.42. The summed E-state index contributed by atoms with van der Waals surface area (Å²) in [6, 6.07) is 10.9. The van der Waals surface area contributed by atoms with Crippen LogP contribution in [0.1, 0.15) is 43.6 Å². The number of amides is 2. The maximum atomic E-state index is 12.8. The molecule has 2 saturated carbocycles. The van der Waals surface area contributed by atoms with Crippen LogP contribution in [-0.2, 0) is 9.59 Å². The van der Waals surface area contributed by atoms with Gasteiger partial charge in [0.25, 0.3) is 0 Å². The minimum absolute atomic E-state index is 0.142. The van der Waals surface area contributed by atoms with Gasteiger partial charge in [-0.1, -0.05) is 43.2 Å². The van der Waals surface area contributed by atoms with Crippen molar-refractivity contribution in [1.82, 2.24) is 14.7 Å². The average Bonchev–Trinajstić information content (AvgIpc) is 3.31. The van der Waals surface area contributed by atoms with Crippen LogP contribution in [0.5, 0.6) is 0 Å². The highest BCUT2D eigenvalue weighted by atomic mass is 16.2. The molecule has 146 valence electrons. The van der Waals surface area contributed by atoms with Crippen molar-refractivity contribution >= 4 is 11.8 Å². The van der Waals surface area contributed by atoms with Gasteiger partial charge in [0.05, 0.1) is 6.54 Å². The summed E-state index contributed by atoms with van der Waals surface area (Å²) >= 11 is 0. The van der Waals surface area contributed by atoms with Gasteiger partial charge in [0.1, 0.15) is 0 Å². The van der Waals surface area contributed by atoms with Crippen molar-refractivity contribution < 1.29 is 9.59 Å². The van der Waals surface area contributed by atoms with Crippen LogP contribution in [0, 0.1) is 5.92 Å². The molecule has 1 aromatic carbocycles. The molecule has 1 heterocycles. The van der Waals surface area contributed by atoms with E-state index in [1.54, 1.807) is 0 Å². The van der Waals surface area contributed by atoms with Crippen molar-refractivity contribution in [2.24, 2.45) is 5.92 Å². The molecule has 0 radical (unpaired) electrons. The second-order valence-corrected chi connectivity index (χ2v) is 8.42. The van der Waals surface area contributed by atoms with Crippen LogP contribution < -0.4 is 0 Å². The lowest BCUT2D eigenvalue weighted by Gasteiger charge is -2.36. The molecule has 5 nitrogen and oxygen atoms in total. The summed E-state index contributed by atoms with van der Waals surface area (Å²) in [7, 11) is 2.07. The normalized spacial score (nSPS) is 25.9. The number of benzene rings is 1. The van der Waals surface area contributed by atoms with Crippen molar-refractivity contribution in [2.45, 2.75) is 44.1 Å². The molecular weight excluding hydrogens is 338 g/mol. The zero-order valence-electron chi connectivity index (χ0n) is 16.3. The fraction of sp³-hybridized carbons (Fsp3) is 0.636. The van der Waals surface area contributed by atoms with E-state index in [1.807, 2.05) is 28.0 Å². The van der Waals surface area contributed by atoms with Crippen LogP contribution in [0.2, 0.25) is 0 Å². The van der Waals surface area contributed by atoms with E-state index in [0.717, 1.165) is 6.42 Å². The Kier molecular flexibility index (Phi) is 5.48. The van der Waals surface area contributed by atoms with E-state index in [1.165, 1.54) is 31.2 Å². The van der Waals surface area contributed by atoms with Crippen molar-refractivity contribution in [3.63, 3.8) is 0 Å². The van der Waals surface area contributed by atoms with E-state index in [0.29, 0.717) is 44.7 Å². The van der Waals surface area contributed by atoms with Crippen LogP contribution in [0.3, 0.4) is 0 Å². The standard InChI is InChI=1S/C22H31N3O2/c1-23(18-9-5-6-10-18)16-21(26)24-11-13-25(14-12-24)22(27)20-15-19(20)17-7-3-2-4-8-17/h2-4,7-8,18-20H,5-6,9-16H2,1H3/t19-,20+/m1/s1. The first-order valence-electron chi connectivity index (χ1n) is 10.4. The number of nitrogens with zero attached hydrogens (tertiary/aromatic N) is 3. The smallest absolute Gasteiger partial charge is 0.236 e. The van der Waals surface area contributed by atoms with Crippen LogP contribution >= 0.6 is 0 Å². The summed E-state index contributed by atoms with van der Waals surface area (Å²) in [6.45, 7) is 3.21. The van der Waals surface area contributed by atoms with E-state index >= 15 is 0 Å². The van der Waals surface area contributed by atoms with Crippen molar-refractivity contribution in [3.05, 3.63) is 35.9 Å². The molecule has 1 aliphatic heterocycles. The summed E-state index contributed by atoms with van der Waals surface area (Å²) in [6.07, 6.45) is 5.98. The number of likely N-dealkylation sites (N-methyl/N-ethyl adjacent to an activating group) is 1. The average molecular weight is 370 g/mol. The highest BCUT2D eigenvalue weighted by molar-refractivity contribution is 5.84. The van der Waals surface area contributed by atoms with E-state index in [9.17, 15) is 9.59 Å². The molecule has 3 aliphatic rings. The molecule has 27 heavy (non-hydrogen) atoms. The number of hydrogen-bond donors (Lipinski definition) is 0. The molecule has 0 N–H and O–H groups in total. The Balaban J connectivity index is 1.23. The third-order valence-electron chi connectivity index (χ3n) is 6.61. The Bertz CT molecular complexity index is 663. The lowest BCUT2D eigenvalue weighted by atomic mass is 10.1. The number of carbonyl (C=O) groups is 2. The predicted molar refractivity (Wildman–Crippen MR) is 105 cm³/mol. The Morgan fingerprint density at radius 2 is 1.63 bits per heavy atom. The molecule has 4 rings (SSSR count). The van der Waals surface area contributed by atoms with Gasteiger partial charge >= 0.3 is 0 Å². The first-order chi connectivity index (χ1) is 13.1. The molecule has 0 spiro atoms.